The Balaban J connectivity index is 1.48. The number of benzene rings is 2. The average molecular weight is 414 g/mol. The Morgan fingerprint density at radius 3 is 2.66 bits per heavy atom. The second kappa shape index (κ2) is 10.5. The van der Waals surface area contributed by atoms with Gasteiger partial charge in [-0.1, -0.05) is 41.6 Å². The van der Waals surface area contributed by atoms with Gasteiger partial charge >= 0.3 is 5.97 Å². The number of carbonyl (C=O) groups is 1. The van der Waals surface area contributed by atoms with Crippen LogP contribution in [0.2, 0.25) is 0 Å². The molecular formula is C20H22N4O4S. The van der Waals surface area contributed by atoms with Crippen LogP contribution in [-0.4, -0.2) is 51.8 Å². The molecule has 0 spiro atoms. The topological polar surface area (TPSA) is 88.4 Å². The summed E-state index contributed by atoms with van der Waals surface area (Å²) >= 11 is 1.20. The van der Waals surface area contributed by atoms with E-state index < -0.39 is 0 Å². The van der Waals surface area contributed by atoms with Crippen molar-refractivity contribution in [3.8, 4) is 17.2 Å². The van der Waals surface area contributed by atoms with E-state index in [0.717, 1.165) is 11.3 Å². The zero-order valence-corrected chi connectivity index (χ0v) is 17.1. The normalized spacial score (nSPS) is 10.6. The zero-order valence-electron chi connectivity index (χ0n) is 16.3. The molecule has 0 aliphatic carbocycles. The van der Waals surface area contributed by atoms with Gasteiger partial charge < -0.3 is 14.2 Å². The van der Waals surface area contributed by atoms with Crippen molar-refractivity contribution in [1.29, 1.82) is 0 Å². The molecule has 0 saturated heterocycles. The fourth-order valence-corrected chi connectivity index (χ4v) is 3.13. The lowest BCUT2D eigenvalue weighted by molar-refractivity contribution is -0.141. The summed E-state index contributed by atoms with van der Waals surface area (Å²) in [6.07, 6.45) is 0. The smallest absolute Gasteiger partial charge is 0.316 e. The van der Waals surface area contributed by atoms with Crippen molar-refractivity contribution in [2.75, 3.05) is 25.6 Å². The quantitative estimate of drug-likeness (QED) is 0.284. The van der Waals surface area contributed by atoms with Crippen LogP contribution in [0.25, 0.3) is 5.69 Å². The molecule has 2 aromatic carbocycles. The number of rotatable bonds is 10. The van der Waals surface area contributed by atoms with Crippen LogP contribution in [0.3, 0.4) is 0 Å². The molecule has 0 radical (unpaired) electrons. The molecule has 0 N–H and O–H groups in total. The minimum atomic E-state index is -0.366. The number of esters is 1. The van der Waals surface area contributed by atoms with Crippen molar-refractivity contribution in [1.82, 2.24) is 20.2 Å². The minimum absolute atomic E-state index is 0.0850. The monoisotopic (exact) mass is 414 g/mol. The Morgan fingerprint density at radius 1 is 1.07 bits per heavy atom. The number of aryl methyl sites for hydroxylation is 1. The average Bonchev–Trinajstić information content (AvgIpc) is 3.20. The fraction of sp³-hybridized carbons (Fsp3) is 0.300. The van der Waals surface area contributed by atoms with Gasteiger partial charge in [-0.2, -0.15) is 4.68 Å². The second-order valence-corrected chi connectivity index (χ2v) is 6.89. The van der Waals surface area contributed by atoms with Crippen LogP contribution in [0.5, 0.6) is 11.5 Å². The highest BCUT2D eigenvalue weighted by Crippen LogP contribution is 2.25. The Hall–Kier alpha value is -3.07. The Kier molecular flexibility index (Phi) is 7.46. The molecule has 0 fully saturated rings. The number of tetrazole rings is 1. The zero-order chi connectivity index (χ0) is 20.5. The van der Waals surface area contributed by atoms with Gasteiger partial charge in [-0.15, -0.1) is 5.10 Å². The molecule has 1 heterocycles. The Labute approximate surface area is 173 Å². The number of para-hydroxylation sites is 2. The minimum Gasteiger partial charge on any atom is -0.492 e. The molecular weight excluding hydrogens is 392 g/mol. The number of carbonyl (C=O) groups excluding carboxylic acids is 1. The van der Waals surface area contributed by atoms with E-state index in [1.54, 1.807) is 4.68 Å². The molecule has 9 heteroatoms. The highest BCUT2D eigenvalue weighted by molar-refractivity contribution is 7.99. The van der Waals surface area contributed by atoms with Crippen molar-refractivity contribution >= 4 is 17.7 Å². The van der Waals surface area contributed by atoms with Gasteiger partial charge in [0, 0.05) is 0 Å². The van der Waals surface area contributed by atoms with Gasteiger partial charge in [0.05, 0.1) is 12.4 Å². The summed E-state index contributed by atoms with van der Waals surface area (Å²) < 4.78 is 17.9. The number of nitrogens with zero attached hydrogens (tertiary/aromatic N) is 4. The van der Waals surface area contributed by atoms with Gasteiger partial charge in [-0.3, -0.25) is 4.79 Å². The van der Waals surface area contributed by atoms with E-state index in [0.29, 0.717) is 29.8 Å². The Morgan fingerprint density at radius 2 is 1.86 bits per heavy atom. The molecule has 0 atom stereocenters. The highest BCUT2D eigenvalue weighted by atomic mass is 32.2. The van der Waals surface area contributed by atoms with Crippen molar-refractivity contribution in [3.63, 3.8) is 0 Å². The van der Waals surface area contributed by atoms with Crippen LogP contribution in [0.15, 0.2) is 53.7 Å². The van der Waals surface area contributed by atoms with E-state index in [-0.39, 0.29) is 18.3 Å². The molecule has 8 nitrogen and oxygen atoms in total. The van der Waals surface area contributed by atoms with Crippen LogP contribution in [0.4, 0.5) is 0 Å². The molecule has 29 heavy (non-hydrogen) atoms. The largest absolute Gasteiger partial charge is 0.492 e. The third kappa shape index (κ3) is 5.95. The van der Waals surface area contributed by atoms with Crippen molar-refractivity contribution in [3.05, 3.63) is 54.1 Å². The third-order valence-electron chi connectivity index (χ3n) is 3.79. The first kappa shape index (κ1) is 20.7. The third-order valence-corrected chi connectivity index (χ3v) is 4.68. The van der Waals surface area contributed by atoms with Crippen LogP contribution >= 0.6 is 11.8 Å². The van der Waals surface area contributed by atoms with Crippen LogP contribution in [0.1, 0.15) is 12.5 Å². The summed E-state index contributed by atoms with van der Waals surface area (Å²) in [5, 5.41) is 12.2. The molecule has 0 amide bonds. The molecule has 0 aliphatic heterocycles. The molecule has 3 aromatic rings. The second-order valence-electron chi connectivity index (χ2n) is 5.94. The van der Waals surface area contributed by atoms with E-state index in [1.165, 1.54) is 11.8 Å². The van der Waals surface area contributed by atoms with Gasteiger partial charge in [0.15, 0.2) is 0 Å². The summed E-state index contributed by atoms with van der Waals surface area (Å²) in [5.41, 5.74) is 1.87. The highest BCUT2D eigenvalue weighted by Gasteiger charge is 2.15. The summed E-state index contributed by atoms with van der Waals surface area (Å²) in [4.78, 5) is 12.0. The van der Waals surface area contributed by atoms with E-state index in [9.17, 15) is 4.79 Å². The maximum Gasteiger partial charge on any atom is 0.316 e. The molecule has 0 bridgehead atoms. The standard InChI is InChI=1S/C20H22N4O4S/c1-3-26-18-7-5-4-6-17(18)24-20(21-22-23-24)29-14-19(25)28-13-12-27-16-10-8-15(2)9-11-16/h4-11H,3,12-14H2,1-2H3. The van der Waals surface area contributed by atoms with E-state index >= 15 is 0 Å². The number of thioether (sulfide) groups is 1. The van der Waals surface area contributed by atoms with E-state index in [4.69, 9.17) is 14.2 Å². The fourth-order valence-electron chi connectivity index (χ4n) is 2.44. The van der Waals surface area contributed by atoms with Crippen molar-refractivity contribution < 1.29 is 19.0 Å². The molecule has 3 rings (SSSR count). The molecule has 0 aliphatic rings. The van der Waals surface area contributed by atoms with Crippen LogP contribution < -0.4 is 9.47 Å². The first-order chi connectivity index (χ1) is 14.2. The van der Waals surface area contributed by atoms with E-state index in [1.807, 2.05) is 62.4 Å². The van der Waals surface area contributed by atoms with Gasteiger partial charge in [0.1, 0.15) is 30.4 Å². The number of ether oxygens (including phenoxy) is 3. The van der Waals surface area contributed by atoms with Crippen LogP contribution in [-0.2, 0) is 9.53 Å². The SMILES string of the molecule is CCOc1ccccc1-n1nnnc1SCC(=O)OCCOc1ccc(C)cc1. The van der Waals surface area contributed by atoms with Crippen molar-refractivity contribution in [2.24, 2.45) is 0 Å². The summed E-state index contributed by atoms with van der Waals surface area (Å²) in [6, 6.07) is 15.1. The lowest BCUT2D eigenvalue weighted by Crippen LogP contribution is -2.14. The summed E-state index contributed by atoms with van der Waals surface area (Å²) in [6.45, 7) is 4.91. The van der Waals surface area contributed by atoms with Gasteiger partial charge in [0.25, 0.3) is 0 Å². The molecule has 1 aromatic heterocycles. The van der Waals surface area contributed by atoms with Crippen molar-refractivity contribution in [2.45, 2.75) is 19.0 Å². The number of hydrogen-bond acceptors (Lipinski definition) is 8. The van der Waals surface area contributed by atoms with Gasteiger partial charge in [-0.05, 0) is 48.5 Å². The predicted molar refractivity (Wildman–Crippen MR) is 109 cm³/mol. The van der Waals surface area contributed by atoms with Crippen LogP contribution in [0, 0.1) is 6.92 Å². The Bertz CT molecular complexity index is 930. The lowest BCUT2D eigenvalue weighted by atomic mass is 10.2. The van der Waals surface area contributed by atoms with E-state index in [2.05, 4.69) is 15.5 Å². The maximum atomic E-state index is 12.0. The molecule has 0 saturated carbocycles. The molecule has 152 valence electrons. The first-order valence-electron chi connectivity index (χ1n) is 9.16. The van der Waals surface area contributed by atoms with Gasteiger partial charge in [0.2, 0.25) is 5.16 Å². The lowest BCUT2D eigenvalue weighted by Gasteiger charge is -2.10. The number of hydrogen-bond donors (Lipinski definition) is 0. The summed E-state index contributed by atoms with van der Waals surface area (Å²) in [5.74, 6) is 1.13. The maximum absolute atomic E-state index is 12.0. The first-order valence-corrected chi connectivity index (χ1v) is 10.1. The molecule has 0 unspecified atom stereocenters. The van der Waals surface area contributed by atoms with Gasteiger partial charge in [-0.25, -0.2) is 0 Å². The predicted octanol–water partition coefficient (Wildman–Crippen LogP) is 3.08. The number of aromatic nitrogens is 4. The summed E-state index contributed by atoms with van der Waals surface area (Å²) in [7, 11) is 0.